The number of nitrogens with zero attached hydrogens (tertiary/aromatic N) is 2. The molecule has 0 saturated carbocycles. The monoisotopic (exact) mass is 429 g/mol. The molecule has 32 heavy (non-hydrogen) atoms. The van der Waals surface area contributed by atoms with Gasteiger partial charge in [-0.1, -0.05) is 42.5 Å². The van der Waals surface area contributed by atoms with Crippen molar-refractivity contribution in [1.82, 2.24) is 14.7 Å². The Hall–Kier alpha value is -4.13. The number of aryl methyl sites for hydroxylation is 1. The van der Waals surface area contributed by atoms with Crippen LogP contribution >= 0.6 is 0 Å². The van der Waals surface area contributed by atoms with Gasteiger partial charge in [0.2, 0.25) is 0 Å². The second-order valence-corrected chi connectivity index (χ2v) is 7.36. The number of rotatable bonds is 7. The first-order valence-corrected chi connectivity index (χ1v) is 10.1. The zero-order chi connectivity index (χ0) is 22.5. The fourth-order valence-corrected chi connectivity index (χ4v) is 3.37. The van der Waals surface area contributed by atoms with Crippen LogP contribution in [0.3, 0.4) is 0 Å². The number of ether oxygens (including phenoxy) is 2. The van der Waals surface area contributed by atoms with Crippen molar-refractivity contribution in [2.45, 2.75) is 19.6 Å². The second-order valence-electron chi connectivity index (χ2n) is 7.36. The molecule has 2 heterocycles. The minimum absolute atomic E-state index is 0.264. The highest BCUT2D eigenvalue weighted by Gasteiger charge is 2.24. The third kappa shape index (κ3) is 4.78. The lowest BCUT2D eigenvalue weighted by atomic mass is 10.1. The molecule has 0 spiro atoms. The van der Waals surface area contributed by atoms with Crippen LogP contribution in [-0.4, -0.2) is 28.4 Å². The van der Waals surface area contributed by atoms with Crippen LogP contribution in [0.1, 0.15) is 33.2 Å². The molecule has 0 bridgehead atoms. The predicted octanol–water partition coefficient (Wildman–Crippen LogP) is 3.87. The van der Waals surface area contributed by atoms with E-state index in [-0.39, 0.29) is 6.61 Å². The molecule has 7 nitrogen and oxygen atoms in total. The lowest BCUT2D eigenvalue weighted by Crippen LogP contribution is -2.34. The fraction of sp³-hybridized carbons (Fsp3) is 0.160. The smallest absolute Gasteiger partial charge is 0.333 e. The Balaban J connectivity index is 1.46. The topological polar surface area (TPSA) is 81.9 Å². The standard InChI is InChI=1S/C25H23N3O4/c1-17-11-12-22-26-20(15-28(22)14-17)16-32-21-10-6-9-19(13-21)24(29)27-23(25(30)31-2)18-7-4-3-5-8-18/h3-15,23H,16H2,1-2H3,(H,27,29). The molecule has 0 aliphatic rings. The van der Waals surface area contributed by atoms with Gasteiger partial charge in [-0.15, -0.1) is 0 Å². The molecule has 0 aliphatic carbocycles. The van der Waals surface area contributed by atoms with E-state index >= 15 is 0 Å². The van der Waals surface area contributed by atoms with Gasteiger partial charge in [-0.2, -0.15) is 0 Å². The van der Waals surface area contributed by atoms with Crippen molar-refractivity contribution in [3.8, 4) is 5.75 Å². The van der Waals surface area contributed by atoms with Gasteiger partial charge in [0.05, 0.1) is 12.8 Å². The van der Waals surface area contributed by atoms with Crippen LogP contribution in [0.2, 0.25) is 0 Å². The summed E-state index contributed by atoms with van der Waals surface area (Å²) in [6.45, 7) is 2.29. The number of nitrogens with one attached hydrogen (secondary N) is 1. The minimum Gasteiger partial charge on any atom is -0.487 e. The van der Waals surface area contributed by atoms with Crippen molar-refractivity contribution in [2.75, 3.05) is 7.11 Å². The van der Waals surface area contributed by atoms with Gasteiger partial charge in [0, 0.05) is 18.0 Å². The molecule has 0 fully saturated rings. The Labute approximate surface area is 185 Å². The number of hydrogen-bond donors (Lipinski definition) is 1. The Kier molecular flexibility index (Phi) is 6.17. The molecule has 0 aliphatic heterocycles. The van der Waals surface area contributed by atoms with E-state index in [9.17, 15) is 9.59 Å². The van der Waals surface area contributed by atoms with Crippen molar-refractivity contribution in [3.05, 3.63) is 102 Å². The highest BCUT2D eigenvalue weighted by molar-refractivity contribution is 5.97. The first-order valence-electron chi connectivity index (χ1n) is 10.1. The van der Waals surface area contributed by atoms with Gasteiger partial charge in [0.1, 0.15) is 18.0 Å². The molecule has 162 valence electrons. The molecule has 1 amide bonds. The van der Waals surface area contributed by atoms with E-state index in [2.05, 4.69) is 10.3 Å². The summed E-state index contributed by atoms with van der Waals surface area (Å²) in [6, 6.07) is 18.8. The molecular formula is C25H23N3O4. The number of imidazole rings is 1. The Bertz CT molecular complexity index is 1250. The number of carbonyl (C=O) groups is 2. The van der Waals surface area contributed by atoms with Gasteiger partial charge >= 0.3 is 5.97 Å². The molecular weight excluding hydrogens is 406 g/mol. The number of amides is 1. The quantitative estimate of drug-likeness (QED) is 0.451. The van der Waals surface area contributed by atoms with Crippen LogP contribution in [0, 0.1) is 6.92 Å². The van der Waals surface area contributed by atoms with Gasteiger partial charge in [-0.25, -0.2) is 9.78 Å². The summed E-state index contributed by atoms with van der Waals surface area (Å²) in [5, 5.41) is 2.74. The van der Waals surface area contributed by atoms with E-state index in [1.54, 1.807) is 48.5 Å². The zero-order valence-electron chi connectivity index (χ0n) is 17.8. The molecule has 0 radical (unpaired) electrons. The number of methoxy groups -OCH3 is 1. The molecule has 0 saturated heterocycles. The first-order chi connectivity index (χ1) is 15.5. The third-order valence-corrected chi connectivity index (χ3v) is 4.98. The van der Waals surface area contributed by atoms with Crippen LogP contribution in [0.25, 0.3) is 5.65 Å². The molecule has 2 aromatic heterocycles. The molecule has 4 aromatic rings. The average molecular weight is 429 g/mol. The predicted molar refractivity (Wildman–Crippen MR) is 119 cm³/mol. The summed E-state index contributed by atoms with van der Waals surface area (Å²) in [7, 11) is 1.29. The van der Waals surface area contributed by atoms with Gasteiger partial charge in [0.25, 0.3) is 5.91 Å². The number of hydrogen-bond acceptors (Lipinski definition) is 5. The SMILES string of the molecule is COC(=O)C(NC(=O)c1cccc(OCc2cn3cc(C)ccc3n2)c1)c1ccccc1. The van der Waals surface area contributed by atoms with Crippen LogP contribution in [0.4, 0.5) is 0 Å². The van der Waals surface area contributed by atoms with Crippen molar-refractivity contribution < 1.29 is 19.1 Å². The summed E-state index contributed by atoms with van der Waals surface area (Å²) in [4.78, 5) is 29.6. The number of carbonyl (C=O) groups excluding carboxylic acids is 2. The van der Waals surface area contributed by atoms with E-state index in [0.717, 1.165) is 16.9 Å². The molecule has 1 unspecified atom stereocenters. The summed E-state index contributed by atoms with van der Waals surface area (Å²) >= 11 is 0. The largest absolute Gasteiger partial charge is 0.487 e. The Morgan fingerprint density at radius 1 is 1.03 bits per heavy atom. The van der Waals surface area contributed by atoms with Crippen molar-refractivity contribution in [3.63, 3.8) is 0 Å². The van der Waals surface area contributed by atoms with E-state index < -0.39 is 17.9 Å². The van der Waals surface area contributed by atoms with E-state index in [1.807, 2.05) is 41.9 Å². The first kappa shape index (κ1) is 21.1. The molecule has 1 atom stereocenters. The van der Waals surface area contributed by atoms with Crippen LogP contribution in [0.5, 0.6) is 5.75 Å². The van der Waals surface area contributed by atoms with Crippen LogP contribution < -0.4 is 10.1 Å². The Morgan fingerprint density at radius 2 is 1.84 bits per heavy atom. The normalized spacial score (nSPS) is 11.7. The maximum Gasteiger partial charge on any atom is 0.333 e. The van der Waals surface area contributed by atoms with Crippen molar-refractivity contribution in [1.29, 1.82) is 0 Å². The fourth-order valence-electron chi connectivity index (χ4n) is 3.37. The Morgan fingerprint density at radius 3 is 2.62 bits per heavy atom. The maximum absolute atomic E-state index is 12.8. The average Bonchev–Trinajstić information content (AvgIpc) is 3.23. The summed E-state index contributed by atoms with van der Waals surface area (Å²) in [5.74, 6) is -0.419. The van der Waals surface area contributed by atoms with E-state index in [1.165, 1.54) is 7.11 Å². The molecule has 4 rings (SSSR count). The molecule has 2 aromatic carbocycles. The highest BCUT2D eigenvalue weighted by Crippen LogP contribution is 2.19. The summed E-state index contributed by atoms with van der Waals surface area (Å²) < 4.78 is 12.7. The van der Waals surface area contributed by atoms with Crippen LogP contribution in [0.15, 0.2) is 79.1 Å². The summed E-state index contributed by atoms with van der Waals surface area (Å²) in [5.41, 5.74) is 3.78. The number of pyridine rings is 1. The number of benzene rings is 2. The summed E-state index contributed by atoms with van der Waals surface area (Å²) in [6.07, 6.45) is 3.92. The lowest BCUT2D eigenvalue weighted by Gasteiger charge is -2.17. The minimum atomic E-state index is -0.903. The number of fused-ring (bicyclic) bond motifs is 1. The van der Waals surface area contributed by atoms with Gasteiger partial charge < -0.3 is 19.2 Å². The third-order valence-electron chi connectivity index (χ3n) is 4.98. The molecule has 7 heteroatoms. The van der Waals surface area contributed by atoms with Crippen molar-refractivity contribution in [2.24, 2.45) is 0 Å². The van der Waals surface area contributed by atoms with Gasteiger partial charge in [-0.3, -0.25) is 4.79 Å². The van der Waals surface area contributed by atoms with E-state index in [4.69, 9.17) is 9.47 Å². The zero-order valence-corrected chi connectivity index (χ0v) is 17.8. The van der Waals surface area contributed by atoms with Crippen molar-refractivity contribution >= 4 is 17.5 Å². The van der Waals surface area contributed by atoms with Gasteiger partial charge in [0.15, 0.2) is 6.04 Å². The second kappa shape index (κ2) is 9.34. The highest BCUT2D eigenvalue weighted by atomic mass is 16.5. The van der Waals surface area contributed by atoms with E-state index in [0.29, 0.717) is 16.9 Å². The number of esters is 1. The van der Waals surface area contributed by atoms with Crippen LogP contribution in [-0.2, 0) is 16.1 Å². The molecule has 1 N–H and O–H groups in total. The number of aromatic nitrogens is 2. The lowest BCUT2D eigenvalue weighted by molar-refractivity contribution is -0.143. The maximum atomic E-state index is 12.8. The van der Waals surface area contributed by atoms with Gasteiger partial charge in [-0.05, 0) is 42.3 Å².